The van der Waals surface area contributed by atoms with E-state index < -0.39 is 11.4 Å². The van der Waals surface area contributed by atoms with E-state index in [9.17, 15) is 9.90 Å². The van der Waals surface area contributed by atoms with Crippen LogP contribution in [0.2, 0.25) is 0 Å². The largest absolute Gasteiger partial charge is 0.489 e. The van der Waals surface area contributed by atoms with Crippen molar-refractivity contribution in [2.24, 2.45) is 5.41 Å². The van der Waals surface area contributed by atoms with Crippen LogP contribution in [0.25, 0.3) is 0 Å². The summed E-state index contributed by atoms with van der Waals surface area (Å²) < 4.78 is 5.75. The van der Waals surface area contributed by atoms with Gasteiger partial charge in [-0.2, -0.15) is 0 Å². The number of hydrogen-bond donors (Lipinski definition) is 2. The lowest BCUT2D eigenvalue weighted by molar-refractivity contribution is -0.149. The Balaban J connectivity index is 1.83. The highest BCUT2D eigenvalue weighted by atomic mass is 16.5. The van der Waals surface area contributed by atoms with E-state index in [-0.39, 0.29) is 0 Å². The van der Waals surface area contributed by atoms with Crippen LogP contribution in [0.3, 0.4) is 0 Å². The topological polar surface area (TPSA) is 71.5 Å². The Hall–Kier alpha value is -2.40. The summed E-state index contributed by atoms with van der Waals surface area (Å²) in [6.07, 6.45) is 4.73. The predicted molar refractivity (Wildman–Crippen MR) is 97.4 cm³/mol. The quantitative estimate of drug-likeness (QED) is 0.690. The van der Waals surface area contributed by atoms with Crippen molar-refractivity contribution in [3.63, 3.8) is 0 Å². The molecule has 0 bridgehead atoms. The van der Waals surface area contributed by atoms with Gasteiger partial charge < -0.3 is 15.2 Å². The van der Waals surface area contributed by atoms with Gasteiger partial charge in [0.1, 0.15) is 12.4 Å². The van der Waals surface area contributed by atoms with Crippen molar-refractivity contribution >= 4 is 5.97 Å². The van der Waals surface area contributed by atoms with Gasteiger partial charge in [-0.15, -0.1) is 0 Å². The molecule has 0 aliphatic carbocycles. The van der Waals surface area contributed by atoms with Gasteiger partial charge in [-0.1, -0.05) is 26.0 Å². The molecule has 0 amide bonds. The van der Waals surface area contributed by atoms with Crippen LogP contribution in [0.5, 0.6) is 5.75 Å². The van der Waals surface area contributed by atoms with Gasteiger partial charge in [0.05, 0.1) is 5.41 Å². The second kappa shape index (κ2) is 9.18. The average molecular weight is 342 g/mol. The van der Waals surface area contributed by atoms with Gasteiger partial charge in [-0.3, -0.25) is 9.78 Å². The summed E-state index contributed by atoms with van der Waals surface area (Å²) in [6, 6.07) is 11.7. The molecule has 1 aromatic carbocycles. The van der Waals surface area contributed by atoms with Crippen molar-refractivity contribution < 1.29 is 14.6 Å². The van der Waals surface area contributed by atoms with E-state index in [1.165, 1.54) is 0 Å². The maximum absolute atomic E-state index is 11.5. The monoisotopic (exact) mass is 342 g/mol. The SMILES string of the molecule is CCC(CC)(CNCc1ccc(OCc2ccncc2)cc1)C(=O)O. The molecule has 0 fully saturated rings. The zero-order valence-electron chi connectivity index (χ0n) is 14.9. The second-order valence-corrected chi connectivity index (χ2v) is 6.18. The van der Waals surface area contributed by atoms with Gasteiger partial charge in [0.15, 0.2) is 0 Å². The predicted octanol–water partition coefficient (Wildman–Crippen LogP) is 3.64. The van der Waals surface area contributed by atoms with Gasteiger partial charge in [0.2, 0.25) is 0 Å². The first kappa shape index (κ1) is 18.9. The molecule has 5 heteroatoms. The van der Waals surface area contributed by atoms with Crippen molar-refractivity contribution in [1.29, 1.82) is 0 Å². The zero-order chi connectivity index (χ0) is 18.1. The fourth-order valence-corrected chi connectivity index (χ4v) is 2.67. The first-order valence-corrected chi connectivity index (χ1v) is 8.64. The van der Waals surface area contributed by atoms with Crippen LogP contribution in [0.1, 0.15) is 37.8 Å². The number of pyridine rings is 1. The maximum Gasteiger partial charge on any atom is 0.310 e. The molecule has 1 heterocycles. The zero-order valence-corrected chi connectivity index (χ0v) is 14.9. The average Bonchev–Trinajstić information content (AvgIpc) is 2.65. The van der Waals surface area contributed by atoms with Gasteiger partial charge >= 0.3 is 5.97 Å². The molecule has 0 atom stereocenters. The Morgan fingerprint density at radius 1 is 1.08 bits per heavy atom. The van der Waals surface area contributed by atoms with Gasteiger partial charge in [0, 0.05) is 25.5 Å². The Morgan fingerprint density at radius 2 is 1.72 bits per heavy atom. The molecule has 0 saturated carbocycles. The molecule has 1 aromatic heterocycles. The van der Waals surface area contributed by atoms with E-state index in [1.807, 2.05) is 50.2 Å². The van der Waals surface area contributed by atoms with Crippen LogP contribution in [0, 0.1) is 5.41 Å². The van der Waals surface area contributed by atoms with E-state index in [1.54, 1.807) is 12.4 Å². The number of rotatable bonds is 10. The highest BCUT2D eigenvalue weighted by Gasteiger charge is 2.34. The fourth-order valence-electron chi connectivity index (χ4n) is 2.67. The molecular weight excluding hydrogens is 316 g/mol. The smallest absolute Gasteiger partial charge is 0.310 e. The minimum atomic E-state index is -0.732. The number of ether oxygens (including phenoxy) is 1. The fraction of sp³-hybridized carbons (Fsp3) is 0.400. The van der Waals surface area contributed by atoms with E-state index >= 15 is 0 Å². The van der Waals surface area contributed by atoms with Crippen molar-refractivity contribution in [3.05, 3.63) is 59.9 Å². The van der Waals surface area contributed by atoms with Crippen LogP contribution < -0.4 is 10.1 Å². The molecule has 0 saturated heterocycles. The minimum absolute atomic E-state index is 0.468. The molecule has 25 heavy (non-hydrogen) atoms. The summed E-state index contributed by atoms with van der Waals surface area (Å²) in [6.45, 7) is 5.46. The lowest BCUT2D eigenvalue weighted by Gasteiger charge is -2.27. The number of nitrogens with one attached hydrogen (secondary N) is 1. The highest BCUT2D eigenvalue weighted by Crippen LogP contribution is 2.25. The Bertz CT molecular complexity index is 652. The van der Waals surface area contributed by atoms with Crippen LogP contribution in [0.4, 0.5) is 0 Å². The summed E-state index contributed by atoms with van der Waals surface area (Å²) in [5.74, 6) is 0.0763. The molecule has 0 aliphatic rings. The first-order valence-electron chi connectivity index (χ1n) is 8.64. The molecule has 0 unspecified atom stereocenters. The Kier molecular flexibility index (Phi) is 6.95. The molecule has 5 nitrogen and oxygen atoms in total. The first-order chi connectivity index (χ1) is 12.1. The third-order valence-electron chi connectivity index (χ3n) is 4.68. The standard InChI is InChI=1S/C20H26N2O3/c1-3-20(4-2,19(23)24)15-22-13-16-5-7-18(8-6-16)25-14-17-9-11-21-12-10-17/h5-12,22H,3-4,13-15H2,1-2H3,(H,23,24). The number of aromatic nitrogens is 1. The van der Waals surface area contributed by atoms with Crippen molar-refractivity contribution in [2.45, 2.75) is 39.8 Å². The summed E-state index contributed by atoms with van der Waals surface area (Å²) in [4.78, 5) is 15.5. The van der Waals surface area contributed by atoms with Gasteiger partial charge in [-0.05, 0) is 48.2 Å². The molecular formula is C20H26N2O3. The highest BCUT2D eigenvalue weighted by molar-refractivity contribution is 5.74. The van der Waals surface area contributed by atoms with Crippen LogP contribution >= 0.6 is 0 Å². The lowest BCUT2D eigenvalue weighted by Crippen LogP contribution is -2.39. The normalized spacial score (nSPS) is 11.3. The van der Waals surface area contributed by atoms with E-state index in [0.717, 1.165) is 16.9 Å². The summed E-state index contributed by atoms with van der Waals surface area (Å²) in [7, 11) is 0. The van der Waals surface area contributed by atoms with E-state index in [0.29, 0.717) is 32.5 Å². The number of nitrogens with zero attached hydrogens (tertiary/aromatic N) is 1. The van der Waals surface area contributed by atoms with Crippen molar-refractivity contribution in [2.75, 3.05) is 6.54 Å². The number of hydrogen-bond acceptors (Lipinski definition) is 4. The Labute approximate surface area is 149 Å². The number of carbonyl (C=O) groups is 1. The number of carboxylic acids is 1. The van der Waals surface area contributed by atoms with E-state index in [2.05, 4.69) is 10.3 Å². The second-order valence-electron chi connectivity index (χ2n) is 6.18. The molecule has 0 radical (unpaired) electrons. The Morgan fingerprint density at radius 3 is 2.28 bits per heavy atom. The van der Waals surface area contributed by atoms with Crippen LogP contribution in [-0.2, 0) is 17.9 Å². The summed E-state index contributed by atoms with van der Waals surface area (Å²) >= 11 is 0. The van der Waals surface area contributed by atoms with Crippen LogP contribution in [0.15, 0.2) is 48.8 Å². The third kappa shape index (κ3) is 5.29. The molecule has 0 aliphatic heterocycles. The third-order valence-corrected chi connectivity index (χ3v) is 4.68. The molecule has 134 valence electrons. The number of aliphatic carboxylic acids is 1. The van der Waals surface area contributed by atoms with Gasteiger partial charge in [0.25, 0.3) is 0 Å². The van der Waals surface area contributed by atoms with E-state index in [4.69, 9.17) is 4.74 Å². The molecule has 2 rings (SSSR count). The van der Waals surface area contributed by atoms with Crippen molar-refractivity contribution in [3.8, 4) is 5.75 Å². The number of benzene rings is 1. The molecule has 2 aromatic rings. The number of carboxylic acid groups (broad SMARTS) is 1. The molecule has 0 spiro atoms. The van der Waals surface area contributed by atoms with Gasteiger partial charge in [-0.25, -0.2) is 0 Å². The summed E-state index contributed by atoms with van der Waals surface area (Å²) in [5.41, 5.74) is 1.49. The van der Waals surface area contributed by atoms with Crippen LogP contribution in [-0.4, -0.2) is 22.6 Å². The van der Waals surface area contributed by atoms with Crippen molar-refractivity contribution in [1.82, 2.24) is 10.3 Å². The minimum Gasteiger partial charge on any atom is -0.489 e. The lowest BCUT2D eigenvalue weighted by atomic mass is 9.82. The summed E-state index contributed by atoms with van der Waals surface area (Å²) in [5, 5.41) is 12.7. The molecule has 2 N–H and O–H groups in total. The maximum atomic E-state index is 11.5.